The summed E-state index contributed by atoms with van der Waals surface area (Å²) in [5.74, 6) is 0. The van der Waals surface area contributed by atoms with Crippen LogP contribution in [0.4, 0.5) is 5.13 Å². The van der Waals surface area contributed by atoms with Gasteiger partial charge < -0.3 is 10.5 Å². The van der Waals surface area contributed by atoms with Crippen molar-refractivity contribution >= 4 is 16.5 Å². The molecule has 0 saturated carbocycles. The summed E-state index contributed by atoms with van der Waals surface area (Å²) in [5.41, 5.74) is 6.70. The molecule has 0 radical (unpaired) electrons. The molecule has 1 aliphatic heterocycles. The van der Waals surface area contributed by atoms with Gasteiger partial charge in [0.2, 0.25) is 0 Å². The molecule has 13 heavy (non-hydrogen) atoms. The minimum Gasteiger partial charge on any atom is -0.375 e. The van der Waals surface area contributed by atoms with Gasteiger partial charge in [-0.15, -0.1) is 11.3 Å². The Morgan fingerprint density at radius 3 is 2.92 bits per heavy atom. The molecule has 0 aromatic carbocycles. The molecule has 0 amide bonds. The van der Waals surface area contributed by atoms with E-state index in [1.54, 1.807) is 11.3 Å². The maximum atomic E-state index is 5.65. The van der Waals surface area contributed by atoms with Crippen molar-refractivity contribution in [2.24, 2.45) is 0 Å². The lowest BCUT2D eigenvalue weighted by atomic mass is 10.1. The second-order valence-corrected chi connectivity index (χ2v) is 4.58. The van der Waals surface area contributed by atoms with E-state index in [1.165, 1.54) is 17.7 Å². The molecule has 3 nitrogen and oxygen atoms in total. The molecule has 0 aliphatic carbocycles. The van der Waals surface area contributed by atoms with E-state index in [4.69, 9.17) is 10.5 Å². The Morgan fingerprint density at radius 1 is 1.54 bits per heavy atom. The molecule has 2 heterocycles. The Balaban J connectivity index is 2.18. The predicted molar refractivity (Wildman–Crippen MR) is 53.8 cm³/mol. The highest BCUT2D eigenvalue weighted by atomic mass is 32.1. The van der Waals surface area contributed by atoms with Crippen molar-refractivity contribution in [1.29, 1.82) is 0 Å². The van der Waals surface area contributed by atoms with E-state index in [-0.39, 0.29) is 6.10 Å². The number of hydrogen-bond donors (Lipinski definition) is 1. The van der Waals surface area contributed by atoms with E-state index < -0.39 is 0 Å². The first-order valence-electron chi connectivity index (χ1n) is 4.62. The number of nitrogen functional groups attached to an aromatic ring is 1. The minimum atomic E-state index is 0.197. The fraction of sp³-hybridized carbons (Fsp3) is 0.667. The van der Waals surface area contributed by atoms with Crippen LogP contribution in [-0.4, -0.2) is 11.6 Å². The highest BCUT2D eigenvalue weighted by molar-refractivity contribution is 7.15. The van der Waals surface area contributed by atoms with Gasteiger partial charge in [0.1, 0.15) is 6.10 Å². The second-order valence-electron chi connectivity index (χ2n) is 3.35. The fourth-order valence-corrected chi connectivity index (χ4v) is 2.42. The summed E-state index contributed by atoms with van der Waals surface area (Å²) < 4.78 is 5.65. The summed E-state index contributed by atoms with van der Waals surface area (Å²) in [6.45, 7) is 2.92. The predicted octanol–water partition coefficient (Wildman–Crippen LogP) is 2.28. The van der Waals surface area contributed by atoms with Gasteiger partial charge in [0.05, 0.1) is 5.69 Å². The third-order valence-electron chi connectivity index (χ3n) is 2.33. The van der Waals surface area contributed by atoms with Gasteiger partial charge in [-0.05, 0) is 26.2 Å². The summed E-state index contributed by atoms with van der Waals surface area (Å²) in [6, 6.07) is 0. The van der Waals surface area contributed by atoms with E-state index in [9.17, 15) is 0 Å². The van der Waals surface area contributed by atoms with Crippen molar-refractivity contribution in [3.8, 4) is 0 Å². The summed E-state index contributed by atoms with van der Waals surface area (Å²) >= 11 is 1.55. The fourth-order valence-electron chi connectivity index (χ4n) is 1.68. The molecular weight excluding hydrogens is 184 g/mol. The molecule has 2 N–H and O–H groups in total. The van der Waals surface area contributed by atoms with Gasteiger partial charge in [0.25, 0.3) is 0 Å². The molecule has 1 fully saturated rings. The van der Waals surface area contributed by atoms with Crippen LogP contribution in [0, 0.1) is 6.92 Å². The van der Waals surface area contributed by atoms with Crippen LogP contribution in [0.15, 0.2) is 0 Å². The molecule has 0 spiro atoms. The van der Waals surface area contributed by atoms with Gasteiger partial charge in [-0.2, -0.15) is 0 Å². The Labute approximate surface area is 81.9 Å². The Morgan fingerprint density at radius 2 is 2.38 bits per heavy atom. The van der Waals surface area contributed by atoms with Crippen molar-refractivity contribution in [2.45, 2.75) is 32.3 Å². The molecule has 1 aliphatic rings. The second kappa shape index (κ2) is 3.64. The van der Waals surface area contributed by atoms with E-state index in [1.807, 2.05) is 0 Å². The van der Waals surface area contributed by atoms with Crippen molar-refractivity contribution < 1.29 is 4.74 Å². The third kappa shape index (κ3) is 1.84. The SMILES string of the molecule is Cc1sc(N)nc1C1CCCCO1. The number of nitrogens with two attached hydrogens (primary N) is 1. The van der Waals surface area contributed by atoms with E-state index in [0.29, 0.717) is 5.13 Å². The minimum absolute atomic E-state index is 0.197. The van der Waals surface area contributed by atoms with Crippen LogP contribution >= 0.6 is 11.3 Å². The summed E-state index contributed by atoms with van der Waals surface area (Å²) in [5, 5.41) is 0.654. The van der Waals surface area contributed by atoms with Gasteiger partial charge in [0, 0.05) is 11.5 Å². The van der Waals surface area contributed by atoms with Crippen LogP contribution < -0.4 is 5.73 Å². The van der Waals surface area contributed by atoms with Gasteiger partial charge in [0.15, 0.2) is 5.13 Å². The number of rotatable bonds is 1. The molecule has 0 bridgehead atoms. The molecular formula is C9H14N2OS. The van der Waals surface area contributed by atoms with E-state index >= 15 is 0 Å². The lowest BCUT2D eigenvalue weighted by Gasteiger charge is -2.21. The third-order valence-corrected chi connectivity index (χ3v) is 3.15. The van der Waals surface area contributed by atoms with Gasteiger partial charge >= 0.3 is 0 Å². The zero-order valence-electron chi connectivity index (χ0n) is 7.75. The molecule has 1 aromatic heterocycles. The van der Waals surface area contributed by atoms with Crippen LogP contribution in [0.5, 0.6) is 0 Å². The molecule has 1 aromatic rings. The van der Waals surface area contributed by atoms with Gasteiger partial charge in [-0.1, -0.05) is 0 Å². The van der Waals surface area contributed by atoms with E-state index in [2.05, 4.69) is 11.9 Å². The topological polar surface area (TPSA) is 48.1 Å². The maximum Gasteiger partial charge on any atom is 0.180 e. The number of ether oxygens (including phenoxy) is 1. The Hall–Kier alpha value is -0.610. The number of anilines is 1. The van der Waals surface area contributed by atoms with Crippen molar-refractivity contribution in [3.05, 3.63) is 10.6 Å². The normalized spacial score (nSPS) is 23.3. The summed E-state index contributed by atoms with van der Waals surface area (Å²) in [7, 11) is 0. The lowest BCUT2D eigenvalue weighted by molar-refractivity contribution is 0.0124. The molecule has 1 unspecified atom stereocenters. The highest BCUT2D eigenvalue weighted by Crippen LogP contribution is 2.32. The monoisotopic (exact) mass is 198 g/mol. The van der Waals surface area contributed by atoms with Crippen LogP contribution in [0.3, 0.4) is 0 Å². The van der Waals surface area contributed by atoms with Crippen LogP contribution in [0.1, 0.15) is 35.9 Å². The molecule has 4 heteroatoms. The average molecular weight is 198 g/mol. The van der Waals surface area contributed by atoms with Gasteiger partial charge in [-0.25, -0.2) is 4.98 Å². The zero-order valence-corrected chi connectivity index (χ0v) is 8.56. The molecule has 1 saturated heterocycles. The first-order chi connectivity index (χ1) is 6.27. The van der Waals surface area contributed by atoms with Crippen molar-refractivity contribution in [1.82, 2.24) is 4.98 Å². The maximum absolute atomic E-state index is 5.65. The molecule has 1 atom stereocenters. The first kappa shape index (κ1) is 8.97. The standard InChI is InChI=1S/C9H14N2OS/c1-6-8(11-9(10)13-6)7-4-2-3-5-12-7/h7H,2-5H2,1H3,(H2,10,11). The quantitative estimate of drug-likeness (QED) is 0.753. The highest BCUT2D eigenvalue weighted by Gasteiger charge is 2.20. The Kier molecular flexibility index (Phi) is 2.51. The largest absolute Gasteiger partial charge is 0.375 e. The first-order valence-corrected chi connectivity index (χ1v) is 5.43. The zero-order chi connectivity index (χ0) is 9.26. The van der Waals surface area contributed by atoms with Crippen LogP contribution in [0.25, 0.3) is 0 Å². The van der Waals surface area contributed by atoms with Crippen LogP contribution in [0.2, 0.25) is 0 Å². The van der Waals surface area contributed by atoms with Crippen molar-refractivity contribution in [3.63, 3.8) is 0 Å². The number of hydrogen-bond acceptors (Lipinski definition) is 4. The number of thiazole rings is 1. The summed E-state index contributed by atoms with van der Waals surface area (Å²) in [6.07, 6.45) is 3.70. The number of aromatic nitrogens is 1. The average Bonchev–Trinajstić information content (AvgIpc) is 2.47. The van der Waals surface area contributed by atoms with Gasteiger partial charge in [-0.3, -0.25) is 0 Å². The van der Waals surface area contributed by atoms with Crippen molar-refractivity contribution in [2.75, 3.05) is 12.3 Å². The Bertz CT molecular complexity index is 292. The van der Waals surface area contributed by atoms with Crippen LogP contribution in [-0.2, 0) is 4.74 Å². The molecule has 72 valence electrons. The number of nitrogens with zero attached hydrogens (tertiary/aromatic N) is 1. The summed E-state index contributed by atoms with van der Waals surface area (Å²) in [4.78, 5) is 5.50. The lowest BCUT2D eigenvalue weighted by Crippen LogP contribution is -2.12. The number of aryl methyl sites for hydroxylation is 1. The molecule has 2 rings (SSSR count). The van der Waals surface area contributed by atoms with E-state index in [0.717, 1.165) is 18.7 Å². The smallest absolute Gasteiger partial charge is 0.180 e.